The summed E-state index contributed by atoms with van der Waals surface area (Å²) < 4.78 is 5.80. The Morgan fingerprint density at radius 2 is 2.12 bits per heavy atom. The number of benzene rings is 1. The summed E-state index contributed by atoms with van der Waals surface area (Å²) in [6, 6.07) is 13.0. The van der Waals surface area contributed by atoms with Gasteiger partial charge in [-0.2, -0.15) is 0 Å². The normalized spacial score (nSPS) is 25.4. The summed E-state index contributed by atoms with van der Waals surface area (Å²) in [5.41, 5.74) is 2.02. The first-order chi connectivity index (χ1) is 11.8. The van der Waals surface area contributed by atoms with Gasteiger partial charge in [-0.25, -0.2) is 0 Å². The molecule has 0 aliphatic carbocycles. The average Bonchev–Trinajstić information content (AvgIpc) is 3.36. The van der Waals surface area contributed by atoms with Crippen molar-refractivity contribution in [2.45, 2.75) is 37.4 Å². The van der Waals surface area contributed by atoms with Gasteiger partial charge < -0.3 is 20.0 Å². The summed E-state index contributed by atoms with van der Waals surface area (Å²) in [5, 5.41) is 7.81. The lowest BCUT2D eigenvalue weighted by atomic mass is 9.95. The Hall–Kier alpha value is -2.53. The van der Waals surface area contributed by atoms with Crippen LogP contribution in [0.3, 0.4) is 0 Å². The van der Waals surface area contributed by atoms with Crippen molar-refractivity contribution in [1.29, 1.82) is 0 Å². The third-order valence-corrected chi connectivity index (χ3v) is 5.29. The number of aromatic nitrogens is 1. The SMILES string of the molecule is O=C(N[C@@H]1C[C@H]2CC[C@@H]1N2)c1ccc(-c2ccc3cc[nH]c3c2)o1. The van der Waals surface area contributed by atoms with Gasteiger partial charge in [-0.1, -0.05) is 12.1 Å². The summed E-state index contributed by atoms with van der Waals surface area (Å²) in [7, 11) is 0. The van der Waals surface area contributed by atoms with Gasteiger partial charge in [0, 0.05) is 35.4 Å². The van der Waals surface area contributed by atoms with Crippen LogP contribution in [0.2, 0.25) is 0 Å². The number of amides is 1. The highest BCUT2D eigenvalue weighted by molar-refractivity contribution is 5.92. The number of aromatic amines is 1. The third-order valence-electron chi connectivity index (χ3n) is 5.29. The van der Waals surface area contributed by atoms with Crippen LogP contribution in [0.5, 0.6) is 0 Å². The van der Waals surface area contributed by atoms with E-state index in [2.05, 4.69) is 15.6 Å². The molecule has 2 fully saturated rings. The van der Waals surface area contributed by atoms with E-state index in [1.54, 1.807) is 6.07 Å². The van der Waals surface area contributed by atoms with Crippen molar-refractivity contribution in [2.24, 2.45) is 0 Å². The van der Waals surface area contributed by atoms with Crippen LogP contribution in [0.4, 0.5) is 0 Å². The molecule has 2 aliphatic heterocycles. The van der Waals surface area contributed by atoms with E-state index in [1.165, 1.54) is 6.42 Å². The van der Waals surface area contributed by atoms with E-state index in [0.29, 0.717) is 23.6 Å². The minimum absolute atomic E-state index is 0.124. The molecule has 5 nitrogen and oxygen atoms in total. The second-order valence-corrected chi connectivity index (χ2v) is 6.81. The van der Waals surface area contributed by atoms with Crippen LogP contribution in [0.1, 0.15) is 29.8 Å². The van der Waals surface area contributed by atoms with E-state index in [9.17, 15) is 4.79 Å². The molecular weight excluding hydrogens is 302 g/mol. The van der Waals surface area contributed by atoms with Crippen molar-refractivity contribution in [2.75, 3.05) is 0 Å². The van der Waals surface area contributed by atoms with Crippen molar-refractivity contribution < 1.29 is 9.21 Å². The molecule has 3 atom stereocenters. The van der Waals surface area contributed by atoms with Crippen molar-refractivity contribution in [3.8, 4) is 11.3 Å². The predicted molar refractivity (Wildman–Crippen MR) is 91.8 cm³/mol. The molecule has 122 valence electrons. The van der Waals surface area contributed by atoms with Crippen LogP contribution in [0.15, 0.2) is 47.0 Å². The molecule has 2 saturated heterocycles. The van der Waals surface area contributed by atoms with Gasteiger partial charge in [0.2, 0.25) is 0 Å². The van der Waals surface area contributed by atoms with Gasteiger partial charge in [-0.05, 0) is 48.9 Å². The minimum atomic E-state index is -0.124. The summed E-state index contributed by atoms with van der Waals surface area (Å²) >= 11 is 0. The zero-order valence-corrected chi connectivity index (χ0v) is 13.2. The Labute approximate surface area is 139 Å². The Bertz CT molecular complexity index is 910. The molecule has 2 aliphatic rings. The number of nitrogens with one attached hydrogen (secondary N) is 3. The van der Waals surface area contributed by atoms with Crippen LogP contribution in [0, 0.1) is 0 Å². The Morgan fingerprint density at radius 1 is 1.17 bits per heavy atom. The quantitative estimate of drug-likeness (QED) is 0.694. The summed E-state index contributed by atoms with van der Waals surface area (Å²) in [6.07, 6.45) is 5.31. The van der Waals surface area contributed by atoms with Crippen LogP contribution >= 0.6 is 0 Å². The zero-order valence-electron chi connectivity index (χ0n) is 13.2. The van der Waals surface area contributed by atoms with E-state index >= 15 is 0 Å². The summed E-state index contributed by atoms with van der Waals surface area (Å²) in [5.74, 6) is 0.962. The second-order valence-electron chi connectivity index (χ2n) is 6.81. The lowest BCUT2D eigenvalue weighted by molar-refractivity contribution is 0.0903. The Balaban J connectivity index is 1.35. The molecule has 3 aromatic rings. The maximum Gasteiger partial charge on any atom is 0.287 e. The Morgan fingerprint density at radius 3 is 2.96 bits per heavy atom. The van der Waals surface area contributed by atoms with Gasteiger partial charge in [0.25, 0.3) is 5.91 Å². The number of rotatable bonds is 3. The van der Waals surface area contributed by atoms with Crippen molar-refractivity contribution in [1.82, 2.24) is 15.6 Å². The standard InChI is InChI=1S/C19H19N3O2/c23-19(22-16-10-13-3-4-14(16)21-13)18-6-5-17(24-18)12-2-1-11-7-8-20-15(11)9-12/h1-2,5-9,13-14,16,20-21H,3-4,10H2,(H,22,23)/t13-,14+,16-/m1/s1. The van der Waals surface area contributed by atoms with E-state index in [-0.39, 0.29) is 11.9 Å². The van der Waals surface area contributed by atoms with Gasteiger partial charge in [0.05, 0.1) is 0 Å². The minimum Gasteiger partial charge on any atom is -0.451 e. The van der Waals surface area contributed by atoms with E-state index < -0.39 is 0 Å². The summed E-state index contributed by atoms with van der Waals surface area (Å²) in [6.45, 7) is 0. The first-order valence-electron chi connectivity index (χ1n) is 8.50. The van der Waals surface area contributed by atoms with Crippen LogP contribution < -0.4 is 10.6 Å². The molecule has 0 unspecified atom stereocenters. The highest BCUT2D eigenvalue weighted by atomic mass is 16.3. The van der Waals surface area contributed by atoms with E-state index in [4.69, 9.17) is 4.42 Å². The van der Waals surface area contributed by atoms with Gasteiger partial charge in [-0.3, -0.25) is 4.79 Å². The third kappa shape index (κ3) is 2.24. The fraction of sp³-hybridized carbons (Fsp3) is 0.316. The maximum absolute atomic E-state index is 12.5. The van der Waals surface area contributed by atoms with Crippen LogP contribution in [0.25, 0.3) is 22.2 Å². The van der Waals surface area contributed by atoms with Gasteiger partial charge >= 0.3 is 0 Å². The van der Waals surface area contributed by atoms with Gasteiger partial charge in [0.15, 0.2) is 5.76 Å². The molecule has 5 heteroatoms. The first kappa shape index (κ1) is 13.9. The molecular formula is C19H19N3O2. The number of carbonyl (C=O) groups is 1. The molecule has 4 heterocycles. The highest BCUT2D eigenvalue weighted by Gasteiger charge is 2.39. The smallest absolute Gasteiger partial charge is 0.287 e. The monoisotopic (exact) mass is 321 g/mol. The lowest BCUT2D eigenvalue weighted by Gasteiger charge is -2.20. The lowest BCUT2D eigenvalue weighted by Crippen LogP contribution is -2.42. The number of carbonyl (C=O) groups excluding carboxylic acids is 1. The molecule has 5 rings (SSSR count). The second kappa shape index (κ2) is 5.24. The van der Waals surface area contributed by atoms with Crippen molar-refractivity contribution in [3.05, 3.63) is 48.4 Å². The number of furan rings is 1. The van der Waals surface area contributed by atoms with Crippen LogP contribution in [-0.4, -0.2) is 29.0 Å². The molecule has 24 heavy (non-hydrogen) atoms. The molecule has 0 radical (unpaired) electrons. The van der Waals surface area contributed by atoms with Gasteiger partial charge in [-0.15, -0.1) is 0 Å². The zero-order chi connectivity index (χ0) is 16.1. The first-order valence-corrected chi connectivity index (χ1v) is 8.50. The van der Waals surface area contributed by atoms with Crippen LogP contribution in [-0.2, 0) is 0 Å². The maximum atomic E-state index is 12.5. The van der Waals surface area contributed by atoms with Gasteiger partial charge in [0.1, 0.15) is 5.76 Å². The number of fused-ring (bicyclic) bond motifs is 3. The van der Waals surface area contributed by atoms with Crippen molar-refractivity contribution in [3.63, 3.8) is 0 Å². The van der Waals surface area contributed by atoms with E-state index in [1.807, 2.05) is 36.5 Å². The number of hydrogen-bond acceptors (Lipinski definition) is 3. The molecule has 0 saturated carbocycles. The molecule has 2 bridgehead atoms. The molecule has 0 spiro atoms. The average molecular weight is 321 g/mol. The number of H-pyrrole nitrogens is 1. The fourth-order valence-corrected chi connectivity index (χ4v) is 4.04. The highest BCUT2D eigenvalue weighted by Crippen LogP contribution is 2.29. The summed E-state index contributed by atoms with van der Waals surface area (Å²) in [4.78, 5) is 15.6. The molecule has 1 amide bonds. The molecule has 1 aromatic carbocycles. The topological polar surface area (TPSA) is 70.1 Å². The van der Waals surface area contributed by atoms with E-state index in [0.717, 1.165) is 29.3 Å². The largest absolute Gasteiger partial charge is 0.451 e. The fourth-order valence-electron chi connectivity index (χ4n) is 4.04. The Kier molecular flexibility index (Phi) is 3.03. The molecule has 3 N–H and O–H groups in total. The predicted octanol–water partition coefficient (Wildman–Crippen LogP) is 3.05. The van der Waals surface area contributed by atoms with Crippen molar-refractivity contribution >= 4 is 16.8 Å². The number of hydrogen-bond donors (Lipinski definition) is 3. The molecule has 2 aromatic heterocycles.